The third kappa shape index (κ3) is 2.70. The van der Waals surface area contributed by atoms with Crippen LogP contribution in [0.5, 0.6) is 0 Å². The van der Waals surface area contributed by atoms with Crippen LogP contribution in [0.4, 0.5) is 0 Å². The second kappa shape index (κ2) is 7.69. The van der Waals surface area contributed by atoms with E-state index < -0.39 is 0 Å². The van der Waals surface area contributed by atoms with E-state index in [0.29, 0.717) is 11.8 Å². The van der Waals surface area contributed by atoms with Crippen LogP contribution in [0, 0.1) is 5.92 Å². The fraction of sp³-hybridized carbons (Fsp3) is 0.122. The van der Waals surface area contributed by atoms with E-state index in [9.17, 15) is 0 Å². The highest BCUT2D eigenvalue weighted by Crippen LogP contribution is 2.61. The average Bonchev–Trinajstić information content (AvgIpc) is 3.47. The van der Waals surface area contributed by atoms with E-state index >= 15 is 0 Å². The minimum absolute atomic E-state index is 0.0258. The van der Waals surface area contributed by atoms with Crippen LogP contribution in [0.3, 0.4) is 0 Å². The van der Waals surface area contributed by atoms with Gasteiger partial charge in [-0.3, -0.25) is 0 Å². The summed E-state index contributed by atoms with van der Waals surface area (Å²) in [4.78, 5) is 0. The Morgan fingerprint density at radius 1 is 0.714 bits per heavy atom. The van der Waals surface area contributed by atoms with E-state index in [1.165, 1.54) is 82.8 Å². The molecule has 1 aromatic heterocycles. The molecule has 0 bridgehead atoms. The first-order valence-electron chi connectivity index (χ1n) is 15.1. The summed E-state index contributed by atoms with van der Waals surface area (Å²) >= 11 is 0. The summed E-state index contributed by atoms with van der Waals surface area (Å²) in [7, 11) is 0. The Labute approximate surface area is 245 Å². The number of hydrogen-bond acceptors (Lipinski definition) is 0. The summed E-state index contributed by atoms with van der Waals surface area (Å²) in [6, 6.07) is 35.9. The molecule has 2 unspecified atom stereocenters. The van der Waals surface area contributed by atoms with Gasteiger partial charge in [0.25, 0.3) is 0 Å². The average molecular weight is 536 g/mol. The number of para-hydroxylation sites is 2. The Morgan fingerprint density at radius 2 is 1.48 bits per heavy atom. The van der Waals surface area contributed by atoms with Gasteiger partial charge in [0, 0.05) is 33.7 Å². The predicted octanol–water partition coefficient (Wildman–Crippen LogP) is 10.4. The van der Waals surface area contributed by atoms with E-state index in [-0.39, 0.29) is 5.41 Å². The molecule has 6 aromatic rings. The lowest BCUT2D eigenvalue weighted by atomic mass is 9.63. The van der Waals surface area contributed by atoms with Crippen molar-refractivity contribution in [1.29, 1.82) is 0 Å². The first-order chi connectivity index (χ1) is 20.6. The summed E-state index contributed by atoms with van der Waals surface area (Å²) in [5.41, 5.74) is 15.4. The van der Waals surface area contributed by atoms with Crippen molar-refractivity contribution >= 4 is 50.3 Å². The van der Waals surface area contributed by atoms with Gasteiger partial charge in [0.1, 0.15) is 0 Å². The number of benzene rings is 5. The Bertz CT molecular complexity index is 2320. The van der Waals surface area contributed by atoms with Crippen LogP contribution < -0.4 is 0 Å². The number of rotatable bonds is 1. The molecule has 0 saturated heterocycles. The Kier molecular flexibility index (Phi) is 4.17. The molecule has 0 N–H and O–H groups in total. The van der Waals surface area contributed by atoms with Gasteiger partial charge in [-0.25, -0.2) is 0 Å². The first kappa shape index (κ1) is 22.8. The number of nitrogens with zero attached hydrogens (tertiary/aromatic N) is 1. The van der Waals surface area contributed by atoms with Crippen LogP contribution in [0.15, 0.2) is 126 Å². The fourth-order valence-corrected chi connectivity index (χ4v) is 8.65. The third-order valence-electron chi connectivity index (χ3n) is 10.5. The molecule has 2 atom stereocenters. The second-order valence-corrected chi connectivity index (χ2v) is 12.9. The highest BCUT2D eigenvalue weighted by atomic mass is 15.0. The second-order valence-electron chi connectivity index (χ2n) is 12.9. The SMILES string of the molecule is CC1(C)C2=C(c3cc4ccccc4cc31)C1C=Cc3cc4c(c5c3C1C(=C2)C=C5)c1ccccc1n4-c1ccccc1. The fourth-order valence-electron chi connectivity index (χ4n) is 8.65. The molecule has 0 fully saturated rings. The molecule has 1 heterocycles. The molecule has 0 amide bonds. The summed E-state index contributed by atoms with van der Waals surface area (Å²) in [6.07, 6.45) is 12.3. The molecule has 42 heavy (non-hydrogen) atoms. The molecule has 0 spiro atoms. The molecule has 4 aliphatic rings. The van der Waals surface area contributed by atoms with Crippen LogP contribution >= 0.6 is 0 Å². The van der Waals surface area contributed by atoms with Gasteiger partial charge in [0.05, 0.1) is 11.0 Å². The molecule has 4 aliphatic carbocycles. The predicted molar refractivity (Wildman–Crippen MR) is 177 cm³/mol. The van der Waals surface area contributed by atoms with E-state index in [1.54, 1.807) is 0 Å². The standard InChI is InChI=1S/C41H29N/c1-41(2)33-21-25-11-7-6-10-24(25)20-32(33)39-30-18-17-27-23-36-40(31-19-16-26(22-34(39)41)37(30)38(27)31)29-14-8-9-15-35(29)42(36)28-12-4-3-5-13-28/h3-23,30,37H,1-2H3. The topological polar surface area (TPSA) is 4.93 Å². The van der Waals surface area contributed by atoms with Gasteiger partial charge >= 0.3 is 0 Å². The van der Waals surface area contributed by atoms with Crippen molar-refractivity contribution in [3.63, 3.8) is 0 Å². The van der Waals surface area contributed by atoms with Gasteiger partial charge in [-0.2, -0.15) is 0 Å². The zero-order valence-electron chi connectivity index (χ0n) is 23.7. The summed E-state index contributed by atoms with van der Waals surface area (Å²) < 4.78 is 2.45. The lowest BCUT2D eigenvalue weighted by molar-refractivity contribution is 0.628. The lowest BCUT2D eigenvalue weighted by Gasteiger charge is -2.40. The van der Waals surface area contributed by atoms with Crippen LogP contribution in [0.1, 0.15) is 47.6 Å². The minimum atomic E-state index is -0.0258. The van der Waals surface area contributed by atoms with Crippen molar-refractivity contribution in [2.75, 3.05) is 0 Å². The smallest absolute Gasteiger partial charge is 0.0553 e. The number of allylic oxidation sites excluding steroid dienone is 6. The Balaban J connectivity index is 1.26. The normalized spacial score (nSPS) is 20.7. The highest BCUT2D eigenvalue weighted by Gasteiger charge is 2.46. The van der Waals surface area contributed by atoms with Crippen molar-refractivity contribution < 1.29 is 0 Å². The van der Waals surface area contributed by atoms with Crippen LogP contribution in [-0.2, 0) is 5.41 Å². The number of fused-ring (bicyclic) bond motifs is 8. The summed E-state index contributed by atoms with van der Waals surface area (Å²) in [5, 5.41) is 5.36. The maximum absolute atomic E-state index is 2.54. The van der Waals surface area contributed by atoms with Crippen LogP contribution in [0.25, 0.3) is 56.0 Å². The van der Waals surface area contributed by atoms with Crippen LogP contribution in [0.2, 0.25) is 0 Å². The van der Waals surface area contributed by atoms with E-state index in [2.05, 4.69) is 146 Å². The molecule has 198 valence electrons. The Hall–Kier alpha value is -4.88. The number of hydrogen-bond donors (Lipinski definition) is 0. The van der Waals surface area contributed by atoms with E-state index in [0.717, 1.165) is 0 Å². The zero-order chi connectivity index (χ0) is 27.7. The van der Waals surface area contributed by atoms with Gasteiger partial charge in [-0.1, -0.05) is 105 Å². The maximum atomic E-state index is 2.54. The highest BCUT2D eigenvalue weighted by molar-refractivity contribution is 6.15. The zero-order valence-corrected chi connectivity index (χ0v) is 23.7. The molecule has 0 saturated carbocycles. The quantitative estimate of drug-likeness (QED) is 0.197. The molecular weight excluding hydrogens is 506 g/mol. The van der Waals surface area contributed by atoms with Crippen molar-refractivity contribution in [2.24, 2.45) is 5.92 Å². The molecule has 10 rings (SSSR count). The third-order valence-corrected chi connectivity index (χ3v) is 10.5. The largest absolute Gasteiger partial charge is 0.309 e. The monoisotopic (exact) mass is 535 g/mol. The van der Waals surface area contributed by atoms with Gasteiger partial charge < -0.3 is 4.57 Å². The van der Waals surface area contributed by atoms with Gasteiger partial charge in [-0.05, 0) is 91.7 Å². The molecule has 5 aromatic carbocycles. The minimum Gasteiger partial charge on any atom is -0.309 e. The van der Waals surface area contributed by atoms with Gasteiger partial charge in [0.2, 0.25) is 0 Å². The molecule has 0 aliphatic heterocycles. The van der Waals surface area contributed by atoms with E-state index in [1.807, 2.05) is 0 Å². The Morgan fingerprint density at radius 3 is 2.33 bits per heavy atom. The van der Waals surface area contributed by atoms with Crippen molar-refractivity contribution in [3.8, 4) is 5.69 Å². The van der Waals surface area contributed by atoms with Gasteiger partial charge in [0.15, 0.2) is 0 Å². The summed E-state index contributed by atoms with van der Waals surface area (Å²) in [5.74, 6) is 0.665. The van der Waals surface area contributed by atoms with Crippen molar-refractivity contribution in [1.82, 2.24) is 4.57 Å². The lowest BCUT2D eigenvalue weighted by Crippen LogP contribution is -2.26. The summed E-state index contributed by atoms with van der Waals surface area (Å²) in [6.45, 7) is 4.83. The molecule has 1 nitrogen and oxygen atoms in total. The van der Waals surface area contributed by atoms with E-state index in [4.69, 9.17) is 0 Å². The van der Waals surface area contributed by atoms with Crippen LogP contribution in [-0.4, -0.2) is 4.57 Å². The van der Waals surface area contributed by atoms with Gasteiger partial charge in [-0.15, -0.1) is 0 Å². The molecule has 1 heteroatoms. The number of aromatic nitrogens is 1. The maximum Gasteiger partial charge on any atom is 0.0553 e. The molecular formula is C41H29N. The molecule has 0 radical (unpaired) electrons. The van der Waals surface area contributed by atoms with Crippen molar-refractivity contribution in [3.05, 3.63) is 154 Å². The first-order valence-corrected chi connectivity index (χ1v) is 15.1. The van der Waals surface area contributed by atoms with Crippen molar-refractivity contribution in [2.45, 2.75) is 25.2 Å².